The summed E-state index contributed by atoms with van der Waals surface area (Å²) in [5.41, 5.74) is 0.629. The zero-order valence-electron chi connectivity index (χ0n) is 14.3. The summed E-state index contributed by atoms with van der Waals surface area (Å²) in [5, 5.41) is 7.05. The quantitative estimate of drug-likeness (QED) is 0.557. The number of carbonyl (C=O) groups is 1. The van der Waals surface area contributed by atoms with Gasteiger partial charge < -0.3 is 5.32 Å². The van der Waals surface area contributed by atoms with Crippen molar-refractivity contribution < 1.29 is 13.6 Å². The summed E-state index contributed by atoms with van der Waals surface area (Å²) in [6.45, 7) is -0.251. The highest BCUT2D eigenvalue weighted by molar-refractivity contribution is 7.15. The highest BCUT2D eigenvalue weighted by Crippen LogP contribution is 2.22. The maximum absolute atomic E-state index is 13.3. The molecule has 10 heteroatoms. The maximum atomic E-state index is 13.3. The van der Waals surface area contributed by atoms with Crippen molar-refractivity contribution in [1.82, 2.24) is 19.2 Å². The Bertz CT molecular complexity index is 1230. The first-order valence-corrected chi connectivity index (χ1v) is 9.04. The number of pyridine rings is 1. The van der Waals surface area contributed by atoms with Gasteiger partial charge in [0.25, 0.3) is 0 Å². The SMILES string of the molecule is O=C(Cn1nc2ccccn2c1=O)Nc1ncc(Cc2ccc(F)c(F)c2)s1. The van der Waals surface area contributed by atoms with Crippen LogP contribution >= 0.6 is 11.3 Å². The molecular formula is C18H13F2N5O2S. The Morgan fingerprint density at radius 3 is 2.82 bits per heavy atom. The first-order chi connectivity index (χ1) is 13.5. The van der Waals surface area contributed by atoms with E-state index >= 15 is 0 Å². The second-order valence-corrected chi connectivity index (χ2v) is 7.09. The van der Waals surface area contributed by atoms with Gasteiger partial charge in [0.2, 0.25) is 5.91 Å². The third kappa shape index (κ3) is 3.67. The Morgan fingerprint density at radius 1 is 1.18 bits per heavy atom. The minimum atomic E-state index is -0.909. The number of benzene rings is 1. The van der Waals surface area contributed by atoms with E-state index in [1.165, 1.54) is 21.8 Å². The fraction of sp³-hybridized carbons (Fsp3) is 0.111. The number of carbonyl (C=O) groups excluding carboxylic acids is 1. The molecule has 4 aromatic rings. The van der Waals surface area contributed by atoms with Crippen molar-refractivity contribution >= 4 is 28.0 Å². The molecule has 0 spiro atoms. The lowest BCUT2D eigenvalue weighted by atomic mass is 10.1. The zero-order chi connectivity index (χ0) is 19.7. The molecule has 0 saturated carbocycles. The number of halogens is 2. The molecule has 4 rings (SSSR count). The second kappa shape index (κ2) is 7.31. The largest absolute Gasteiger partial charge is 0.350 e. The molecule has 1 aromatic carbocycles. The number of nitrogens with zero attached hydrogens (tertiary/aromatic N) is 4. The Morgan fingerprint density at radius 2 is 2.04 bits per heavy atom. The molecule has 0 radical (unpaired) electrons. The van der Waals surface area contributed by atoms with E-state index in [9.17, 15) is 18.4 Å². The number of aromatic nitrogens is 4. The summed E-state index contributed by atoms with van der Waals surface area (Å²) >= 11 is 1.21. The Labute approximate surface area is 160 Å². The minimum absolute atomic E-state index is 0.251. The van der Waals surface area contributed by atoms with Crippen LogP contribution in [0.5, 0.6) is 0 Å². The van der Waals surface area contributed by atoms with Gasteiger partial charge in [-0.1, -0.05) is 12.1 Å². The molecule has 1 amide bonds. The molecule has 0 bridgehead atoms. The predicted molar refractivity (Wildman–Crippen MR) is 99.4 cm³/mol. The minimum Gasteiger partial charge on any atom is -0.300 e. The summed E-state index contributed by atoms with van der Waals surface area (Å²) in [6, 6.07) is 8.80. The Kier molecular flexibility index (Phi) is 4.70. The Balaban J connectivity index is 1.43. The molecule has 7 nitrogen and oxygen atoms in total. The molecule has 1 N–H and O–H groups in total. The zero-order valence-corrected chi connectivity index (χ0v) is 15.1. The van der Waals surface area contributed by atoms with Gasteiger partial charge >= 0.3 is 5.69 Å². The molecule has 3 aromatic heterocycles. The molecule has 28 heavy (non-hydrogen) atoms. The fourth-order valence-electron chi connectivity index (χ4n) is 2.66. The number of thiazole rings is 1. The van der Waals surface area contributed by atoms with Gasteiger partial charge in [0, 0.05) is 23.7 Å². The highest BCUT2D eigenvalue weighted by atomic mass is 32.1. The molecule has 0 unspecified atom stereocenters. The Hall–Kier alpha value is -3.40. The number of fused-ring (bicyclic) bond motifs is 1. The summed E-state index contributed by atoms with van der Waals surface area (Å²) in [7, 11) is 0. The molecule has 3 heterocycles. The molecule has 0 aliphatic rings. The predicted octanol–water partition coefficient (Wildman–Crippen LogP) is 2.46. The van der Waals surface area contributed by atoms with Gasteiger partial charge in [-0.3, -0.25) is 9.20 Å². The molecule has 142 valence electrons. The number of anilines is 1. The average Bonchev–Trinajstić information content (AvgIpc) is 3.23. The highest BCUT2D eigenvalue weighted by Gasteiger charge is 2.13. The van der Waals surface area contributed by atoms with Crippen LogP contribution in [-0.4, -0.2) is 25.1 Å². The van der Waals surface area contributed by atoms with Gasteiger partial charge in [0.15, 0.2) is 22.4 Å². The first kappa shape index (κ1) is 18.0. The summed E-state index contributed by atoms with van der Waals surface area (Å²) < 4.78 is 28.7. The van der Waals surface area contributed by atoms with Gasteiger partial charge in [-0.05, 0) is 29.8 Å². The summed E-state index contributed by atoms with van der Waals surface area (Å²) in [6.07, 6.45) is 3.49. The molecule has 0 aliphatic carbocycles. The number of hydrogen-bond donors (Lipinski definition) is 1. The first-order valence-electron chi connectivity index (χ1n) is 8.22. The number of hydrogen-bond acceptors (Lipinski definition) is 5. The van der Waals surface area contributed by atoms with Gasteiger partial charge in [-0.15, -0.1) is 16.4 Å². The monoisotopic (exact) mass is 401 g/mol. The third-order valence-corrected chi connectivity index (χ3v) is 4.86. The normalized spacial score (nSPS) is 11.1. The fourth-order valence-corrected chi connectivity index (χ4v) is 3.53. The lowest BCUT2D eigenvalue weighted by molar-refractivity contribution is -0.117. The van der Waals surface area contributed by atoms with Crippen LogP contribution in [0.2, 0.25) is 0 Å². The van der Waals surface area contributed by atoms with Gasteiger partial charge in [0.05, 0.1) is 0 Å². The van der Waals surface area contributed by atoms with E-state index in [0.29, 0.717) is 22.8 Å². The van der Waals surface area contributed by atoms with Gasteiger partial charge in [-0.2, -0.15) is 0 Å². The molecule has 0 saturated heterocycles. The van der Waals surface area contributed by atoms with E-state index in [1.54, 1.807) is 30.6 Å². The van der Waals surface area contributed by atoms with Crippen LogP contribution in [0.1, 0.15) is 10.4 Å². The van der Waals surface area contributed by atoms with E-state index < -0.39 is 23.2 Å². The summed E-state index contributed by atoms with van der Waals surface area (Å²) in [5.74, 6) is -2.25. The van der Waals surface area contributed by atoms with Crippen LogP contribution in [-0.2, 0) is 17.8 Å². The van der Waals surface area contributed by atoms with Crippen LogP contribution in [0.15, 0.2) is 53.6 Å². The topological polar surface area (TPSA) is 81.3 Å². The van der Waals surface area contributed by atoms with Crippen molar-refractivity contribution in [2.45, 2.75) is 13.0 Å². The van der Waals surface area contributed by atoms with Crippen molar-refractivity contribution in [2.75, 3.05) is 5.32 Å². The van der Waals surface area contributed by atoms with Crippen molar-refractivity contribution in [2.24, 2.45) is 0 Å². The lowest BCUT2D eigenvalue weighted by Gasteiger charge is -2.01. The van der Waals surface area contributed by atoms with Crippen LogP contribution in [0.4, 0.5) is 13.9 Å². The van der Waals surface area contributed by atoms with Gasteiger partial charge in [0.1, 0.15) is 6.54 Å². The van der Waals surface area contributed by atoms with Crippen LogP contribution < -0.4 is 11.0 Å². The maximum Gasteiger partial charge on any atom is 0.350 e. The van der Waals surface area contributed by atoms with Crippen molar-refractivity contribution in [3.63, 3.8) is 0 Å². The lowest BCUT2D eigenvalue weighted by Crippen LogP contribution is -2.28. The molecular weight excluding hydrogens is 388 g/mol. The van der Waals surface area contributed by atoms with Crippen LogP contribution in [0.3, 0.4) is 0 Å². The van der Waals surface area contributed by atoms with Crippen LogP contribution in [0, 0.1) is 11.6 Å². The average molecular weight is 401 g/mol. The summed E-state index contributed by atoms with van der Waals surface area (Å²) in [4.78, 5) is 29.3. The second-order valence-electron chi connectivity index (χ2n) is 5.97. The molecule has 0 fully saturated rings. The van der Waals surface area contributed by atoms with Crippen LogP contribution in [0.25, 0.3) is 5.65 Å². The number of rotatable bonds is 5. The van der Waals surface area contributed by atoms with Crippen molar-refractivity contribution in [1.29, 1.82) is 0 Å². The van der Waals surface area contributed by atoms with E-state index in [2.05, 4.69) is 15.4 Å². The van der Waals surface area contributed by atoms with E-state index in [0.717, 1.165) is 21.7 Å². The van der Waals surface area contributed by atoms with Crippen molar-refractivity contribution in [3.8, 4) is 0 Å². The van der Waals surface area contributed by atoms with E-state index in [4.69, 9.17) is 0 Å². The number of amides is 1. The van der Waals surface area contributed by atoms with Gasteiger partial charge in [-0.25, -0.2) is 23.2 Å². The number of nitrogens with one attached hydrogen (secondary N) is 1. The van der Waals surface area contributed by atoms with E-state index in [-0.39, 0.29) is 6.54 Å². The van der Waals surface area contributed by atoms with Crippen molar-refractivity contribution in [3.05, 3.63) is 81.4 Å². The molecule has 0 atom stereocenters. The standard InChI is InChI=1S/C18H13F2N5O2S/c19-13-5-4-11(8-14(13)20)7-12-9-21-17(28-12)22-16(26)10-25-18(27)24-6-2-1-3-15(24)23-25/h1-6,8-9H,7,10H2,(H,21,22,26). The van der Waals surface area contributed by atoms with E-state index in [1.807, 2.05) is 0 Å². The smallest absolute Gasteiger partial charge is 0.300 e. The molecule has 0 aliphatic heterocycles. The third-order valence-electron chi connectivity index (χ3n) is 3.94.